The Hall–Kier alpha value is 0.710. The average molecular weight is 253 g/mol. The quantitative estimate of drug-likeness (QED) is 0.459. The van der Waals surface area contributed by atoms with Crippen LogP contribution in [0.25, 0.3) is 0 Å². The van der Waals surface area contributed by atoms with E-state index in [1.165, 1.54) is 4.90 Å². The predicted molar refractivity (Wildman–Crippen MR) is 52.0 cm³/mol. The van der Waals surface area contributed by atoms with E-state index in [0.717, 1.165) is 0 Å². The van der Waals surface area contributed by atoms with E-state index < -0.39 is 10.0 Å². The molecule has 0 saturated heterocycles. The molecule has 0 aliphatic rings. The Labute approximate surface area is 91.6 Å². The molecule has 0 aromatic rings. The fourth-order valence-corrected chi connectivity index (χ4v) is 1.28. The van der Waals surface area contributed by atoms with Crippen molar-refractivity contribution in [3.8, 4) is 0 Å². The van der Waals surface area contributed by atoms with Crippen LogP contribution < -0.4 is 0 Å². The van der Waals surface area contributed by atoms with Crippen LogP contribution in [0.4, 0.5) is 0 Å². The summed E-state index contributed by atoms with van der Waals surface area (Å²) in [6, 6.07) is 0. The standard InChI is InChI=1S/C6H12Cl3NO3/c7-5(13)6(8,9)10(1-3-11)2-4-12/h5,11-13H,1-4H2. The van der Waals surface area contributed by atoms with Gasteiger partial charge < -0.3 is 15.3 Å². The first-order valence-corrected chi connectivity index (χ1v) is 4.82. The van der Waals surface area contributed by atoms with E-state index in [4.69, 9.17) is 50.1 Å². The Bertz CT molecular complexity index is 139. The van der Waals surface area contributed by atoms with E-state index in [0.29, 0.717) is 0 Å². The fourth-order valence-electron chi connectivity index (χ4n) is 0.802. The summed E-state index contributed by atoms with van der Waals surface area (Å²) in [5.74, 6) is 0. The molecule has 0 amide bonds. The van der Waals surface area contributed by atoms with Gasteiger partial charge in [-0.3, -0.25) is 4.90 Å². The summed E-state index contributed by atoms with van der Waals surface area (Å²) in [6.07, 6.45) is 0. The highest BCUT2D eigenvalue weighted by Crippen LogP contribution is 2.31. The zero-order valence-electron chi connectivity index (χ0n) is 6.83. The van der Waals surface area contributed by atoms with Gasteiger partial charge in [0.05, 0.1) is 13.2 Å². The van der Waals surface area contributed by atoms with E-state index in [2.05, 4.69) is 0 Å². The minimum absolute atomic E-state index is 0.122. The highest BCUT2D eigenvalue weighted by atomic mass is 35.5. The van der Waals surface area contributed by atoms with Gasteiger partial charge in [0.15, 0.2) is 5.56 Å². The maximum Gasteiger partial charge on any atom is 0.211 e. The van der Waals surface area contributed by atoms with Crippen LogP contribution in [0.5, 0.6) is 0 Å². The van der Waals surface area contributed by atoms with E-state index >= 15 is 0 Å². The lowest BCUT2D eigenvalue weighted by atomic mass is 10.4. The number of halogens is 3. The third-order valence-electron chi connectivity index (χ3n) is 1.45. The zero-order valence-corrected chi connectivity index (χ0v) is 9.10. The molecule has 0 aliphatic carbocycles. The predicted octanol–water partition coefficient (Wildman–Crippen LogP) is -0.0384. The lowest BCUT2D eigenvalue weighted by Gasteiger charge is -2.34. The van der Waals surface area contributed by atoms with Crippen LogP contribution >= 0.6 is 34.8 Å². The first-order chi connectivity index (χ1) is 5.96. The molecule has 80 valence electrons. The molecule has 3 N–H and O–H groups in total. The molecule has 13 heavy (non-hydrogen) atoms. The van der Waals surface area contributed by atoms with E-state index in [9.17, 15) is 0 Å². The van der Waals surface area contributed by atoms with Crippen molar-refractivity contribution >= 4 is 34.8 Å². The van der Waals surface area contributed by atoms with Gasteiger partial charge in [0.1, 0.15) is 0 Å². The molecule has 0 bridgehead atoms. The summed E-state index contributed by atoms with van der Waals surface area (Å²) in [7, 11) is 0. The van der Waals surface area contributed by atoms with Gasteiger partial charge in [-0.1, -0.05) is 34.8 Å². The average Bonchev–Trinajstić information content (AvgIpc) is 2.03. The summed E-state index contributed by atoms with van der Waals surface area (Å²) in [5, 5.41) is 26.3. The summed E-state index contributed by atoms with van der Waals surface area (Å²) in [4.78, 5) is 1.27. The molecule has 0 saturated carbocycles. The third kappa shape index (κ3) is 4.16. The molecular weight excluding hydrogens is 240 g/mol. The Kier molecular flexibility index (Phi) is 6.58. The largest absolute Gasteiger partial charge is 0.395 e. The van der Waals surface area contributed by atoms with Crippen LogP contribution in [-0.2, 0) is 0 Å². The van der Waals surface area contributed by atoms with Crippen LogP contribution in [0.2, 0.25) is 0 Å². The Balaban J connectivity index is 4.31. The van der Waals surface area contributed by atoms with Gasteiger partial charge >= 0.3 is 0 Å². The van der Waals surface area contributed by atoms with Crippen molar-refractivity contribution in [3.05, 3.63) is 0 Å². The van der Waals surface area contributed by atoms with Gasteiger partial charge in [-0.25, -0.2) is 0 Å². The molecule has 1 unspecified atom stereocenters. The van der Waals surface area contributed by atoms with Gasteiger partial charge in [0.25, 0.3) is 0 Å². The smallest absolute Gasteiger partial charge is 0.211 e. The van der Waals surface area contributed by atoms with Crippen molar-refractivity contribution in [1.29, 1.82) is 0 Å². The second-order valence-electron chi connectivity index (χ2n) is 2.36. The topological polar surface area (TPSA) is 63.9 Å². The van der Waals surface area contributed by atoms with Crippen LogP contribution in [0.1, 0.15) is 0 Å². The van der Waals surface area contributed by atoms with E-state index in [1.807, 2.05) is 0 Å². The molecule has 7 heteroatoms. The number of alkyl halides is 3. The molecule has 0 aromatic carbocycles. The monoisotopic (exact) mass is 251 g/mol. The maximum absolute atomic E-state index is 9.00. The molecule has 0 spiro atoms. The van der Waals surface area contributed by atoms with Crippen molar-refractivity contribution in [2.45, 2.75) is 10.0 Å². The van der Waals surface area contributed by atoms with Crippen molar-refractivity contribution in [2.24, 2.45) is 0 Å². The van der Waals surface area contributed by atoms with E-state index in [-0.39, 0.29) is 26.3 Å². The highest BCUT2D eigenvalue weighted by Gasteiger charge is 2.38. The number of rotatable bonds is 6. The number of aliphatic hydroxyl groups excluding tert-OH is 3. The second-order valence-corrected chi connectivity index (χ2v) is 4.12. The van der Waals surface area contributed by atoms with E-state index in [1.54, 1.807) is 0 Å². The minimum Gasteiger partial charge on any atom is -0.395 e. The SMILES string of the molecule is OCCN(CCO)C(Cl)(Cl)C(O)Cl. The maximum atomic E-state index is 9.00. The Morgan fingerprint density at radius 1 is 1.15 bits per heavy atom. The first-order valence-electron chi connectivity index (χ1n) is 3.63. The third-order valence-corrected chi connectivity index (χ3v) is 2.88. The minimum atomic E-state index is -1.70. The summed E-state index contributed by atoms with van der Waals surface area (Å²) >= 11 is 16.7. The molecule has 0 rings (SSSR count). The summed E-state index contributed by atoms with van der Waals surface area (Å²) in [6.45, 7) is -0.135. The molecule has 1 atom stereocenters. The summed E-state index contributed by atoms with van der Waals surface area (Å²) in [5.41, 5.74) is -1.49. The number of hydrogen-bond acceptors (Lipinski definition) is 4. The lowest BCUT2D eigenvalue weighted by molar-refractivity contribution is 0.0847. The van der Waals surface area contributed by atoms with Gasteiger partial charge in [-0.15, -0.1) is 0 Å². The highest BCUT2D eigenvalue weighted by molar-refractivity contribution is 6.51. The number of nitrogens with zero attached hydrogens (tertiary/aromatic N) is 1. The fraction of sp³-hybridized carbons (Fsp3) is 1.00. The van der Waals surface area contributed by atoms with Crippen LogP contribution in [0.3, 0.4) is 0 Å². The van der Waals surface area contributed by atoms with Gasteiger partial charge in [-0.2, -0.15) is 0 Å². The first kappa shape index (κ1) is 13.7. The Morgan fingerprint density at radius 2 is 1.54 bits per heavy atom. The van der Waals surface area contributed by atoms with Crippen LogP contribution in [-0.4, -0.2) is 56.5 Å². The molecule has 0 aliphatic heterocycles. The molecule has 0 heterocycles. The molecule has 0 radical (unpaired) electrons. The molecule has 0 aromatic heterocycles. The van der Waals surface area contributed by atoms with Crippen molar-refractivity contribution in [2.75, 3.05) is 26.3 Å². The lowest BCUT2D eigenvalue weighted by Crippen LogP contribution is -2.48. The molecular formula is C6H12Cl3NO3. The van der Waals surface area contributed by atoms with Crippen molar-refractivity contribution < 1.29 is 15.3 Å². The second kappa shape index (κ2) is 6.24. The van der Waals surface area contributed by atoms with Gasteiger partial charge in [0, 0.05) is 13.1 Å². The molecule has 0 fully saturated rings. The normalized spacial score (nSPS) is 15.0. The number of aliphatic hydroxyl groups is 3. The van der Waals surface area contributed by atoms with Crippen LogP contribution in [0, 0.1) is 0 Å². The van der Waals surface area contributed by atoms with Crippen LogP contribution in [0.15, 0.2) is 0 Å². The molecule has 4 nitrogen and oxygen atoms in total. The van der Waals surface area contributed by atoms with Gasteiger partial charge in [0.2, 0.25) is 4.46 Å². The number of hydrogen-bond donors (Lipinski definition) is 3. The Morgan fingerprint density at radius 3 is 1.77 bits per heavy atom. The zero-order chi connectivity index (χ0) is 10.5. The van der Waals surface area contributed by atoms with Gasteiger partial charge in [-0.05, 0) is 0 Å². The van der Waals surface area contributed by atoms with Crippen molar-refractivity contribution in [3.63, 3.8) is 0 Å². The van der Waals surface area contributed by atoms with Crippen molar-refractivity contribution in [1.82, 2.24) is 4.90 Å². The summed E-state index contributed by atoms with van der Waals surface area (Å²) < 4.78 is -1.70.